The maximum Gasteiger partial charge on any atom is 0.504 e. The first-order valence-corrected chi connectivity index (χ1v) is 10.5. The van der Waals surface area contributed by atoms with E-state index in [2.05, 4.69) is 32.2 Å². The van der Waals surface area contributed by atoms with Crippen molar-refractivity contribution >= 4 is 11.7 Å². The van der Waals surface area contributed by atoms with Crippen molar-refractivity contribution < 1.29 is 22.4 Å². The van der Waals surface area contributed by atoms with Crippen molar-refractivity contribution in [3.8, 4) is 23.0 Å². The Labute approximate surface area is 203 Å². The average Bonchev–Trinajstić information content (AvgIpc) is 3.35. The van der Waals surface area contributed by atoms with Crippen LogP contribution in [0.1, 0.15) is 32.6 Å². The number of anilines is 1. The van der Waals surface area contributed by atoms with E-state index in [-0.39, 0.29) is 28.5 Å². The van der Waals surface area contributed by atoms with Crippen LogP contribution in [-0.4, -0.2) is 25.7 Å². The largest absolute Gasteiger partial charge is 0.504 e. The zero-order valence-electron chi connectivity index (χ0n) is 18.8. The van der Waals surface area contributed by atoms with Crippen molar-refractivity contribution in [1.82, 2.24) is 25.1 Å². The topological polar surface area (TPSA) is 98.7 Å². The van der Waals surface area contributed by atoms with E-state index in [4.69, 9.17) is 5.73 Å². The Kier molecular flexibility index (Phi) is 6.69. The molecule has 1 aromatic carbocycles. The van der Waals surface area contributed by atoms with Crippen LogP contribution in [0.25, 0.3) is 11.1 Å². The quantitative estimate of drug-likeness (QED) is 0.252. The molecule has 0 unspecified atom stereocenters. The van der Waals surface area contributed by atoms with Gasteiger partial charge in [0.1, 0.15) is 5.82 Å². The van der Waals surface area contributed by atoms with Gasteiger partial charge in [0, 0.05) is 47.4 Å². The van der Waals surface area contributed by atoms with E-state index in [9.17, 15) is 22.4 Å². The fourth-order valence-electron chi connectivity index (χ4n) is 3.17. The van der Waals surface area contributed by atoms with Gasteiger partial charge in [0.15, 0.2) is 0 Å². The maximum atomic E-state index is 12.9. The van der Waals surface area contributed by atoms with E-state index in [1.807, 2.05) is 6.92 Å². The van der Waals surface area contributed by atoms with Gasteiger partial charge in [0.25, 0.3) is 5.91 Å². The molecule has 0 saturated carbocycles. The number of pyridine rings is 2. The van der Waals surface area contributed by atoms with Gasteiger partial charge in [0.05, 0.1) is 11.8 Å². The van der Waals surface area contributed by atoms with E-state index in [1.54, 1.807) is 18.2 Å². The minimum Gasteiger partial charge on any atom is -0.383 e. The van der Waals surface area contributed by atoms with Gasteiger partial charge in [-0.2, -0.15) is 14.2 Å². The summed E-state index contributed by atoms with van der Waals surface area (Å²) in [5.74, 6) is 4.98. The molecular weight excluding hydrogens is 476 g/mol. The number of aromatic nitrogens is 4. The molecule has 3 N–H and O–H groups in total. The molecule has 0 spiro atoms. The van der Waals surface area contributed by atoms with Gasteiger partial charge in [-0.05, 0) is 42.3 Å². The highest BCUT2D eigenvalue weighted by atomic mass is 19.4. The molecule has 1 amide bonds. The Bertz CT molecular complexity index is 1480. The molecule has 182 valence electrons. The molecule has 4 rings (SSSR count). The highest BCUT2D eigenvalue weighted by molar-refractivity contribution is 5.94. The summed E-state index contributed by atoms with van der Waals surface area (Å²) in [4.78, 5) is 20.2. The minimum absolute atomic E-state index is 0.101. The summed E-state index contributed by atoms with van der Waals surface area (Å²) in [6.07, 6.45) is -0.0366. The third-order valence-corrected chi connectivity index (χ3v) is 5.17. The molecule has 0 fully saturated rings. The van der Waals surface area contributed by atoms with Gasteiger partial charge in [-0.1, -0.05) is 24.0 Å². The molecule has 3 heterocycles. The second-order valence-corrected chi connectivity index (χ2v) is 7.75. The van der Waals surface area contributed by atoms with Crippen molar-refractivity contribution in [3.63, 3.8) is 0 Å². The first kappa shape index (κ1) is 24.4. The monoisotopic (exact) mass is 494 g/mol. The van der Waals surface area contributed by atoms with E-state index < -0.39 is 12.2 Å². The molecule has 4 aromatic rings. The number of rotatable bonds is 4. The number of hydrogen-bond acceptors (Lipinski definition) is 5. The number of nitrogen functional groups attached to an aromatic ring is 1. The second kappa shape index (κ2) is 9.87. The van der Waals surface area contributed by atoms with Crippen molar-refractivity contribution in [1.29, 1.82) is 0 Å². The molecule has 0 radical (unpaired) electrons. The summed E-state index contributed by atoms with van der Waals surface area (Å²) in [5.41, 5.74) is 9.16. The minimum atomic E-state index is -4.63. The number of benzene rings is 1. The number of amides is 1. The van der Waals surface area contributed by atoms with Crippen LogP contribution in [0.5, 0.6) is 0 Å². The lowest BCUT2D eigenvalue weighted by atomic mass is 10.0. The molecule has 11 heteroatoms. The summed E-state index contributed by atoms with van der Waals surface area (Å²) in [7, 11) is 0. The zero-order valence-corrected chi connectivity index (χ0v) is 18.8. The van der Waals surface area contributed by atoms with Gasteiger partial charge < -0.3 is 11.1 Å². The van der Waals surface area contributed by atoms with Crippen molar-refractivity contribution in [3.05, 3.63) is 95.0 Å². The maximum absolute atomic E-state index is 12.9. The van der Waals surface area contributed by atoms with E-state index in [1.165, 1.54) is 30.6 Å². The highest BCUT2D eigenvalue weighted by Gasteiger charge is 2.31. The number of nitrogens with two attached hydrogens (primary N) is 1. The standard InChI is InChI=1S/C25H18F4N6O/c1-15-2-4-19(24(36)33-11-16-3-7-22(26)31-10-16)8-17(15)5-6-18-9-20(12-32-23(18)30)21-13-34-35(14-21)25(27,28)29/h2-4,7-10,12-14H,11H2,1H3,(H2,30,32)(H,33,36). The molecular formula is C25H18F4N6O. The van der Waals surface area contributed by atoms with Crippen LogP contribution >= 0.6 is 0 Å². The van der Waals surface area contributed by atoms with E-state index in [0.29, 0.717) is 27.8 Å². The molecule has 0 aliphatic heterocycles. The normalized spacial score (nSPS) is 11.0. The van der Waals surface area contributed by atoms with E-state index >= 15 is 0 Å². The number of carbonyl (C=O) groups excluding carboxylic acids is 1. The number of alkyl halides is 3. The van der Waals surface area contributed by atoms with Crippen LogP contribution in [-0.2, 0) is 12.8 Å². The predicted molar refractivity (Wildman–Crippen MR) is 124 cm³/mol. The number of aryl methyl sites for hydroxylation is 1. The van der Waals surface area contributed by atoms with Gasteiger partial charge in [0.2, 0.25) is 5.95 Å². The number of halogens is 4. The van der Waals surface area contributed by atoms with Crippen LogP contribution in [0, 0.1) is 24.7 Å². The van der Waals surface area contributed by atoms with Gasteiger partial charge in [-0.3, -0.25) is 4.79 Å². The van der Waals surface area contributed by atoms with Gasteiger partial charge in [-0.15, -0.1) is 13.2 Å². The Hall–Kier alpha value is -4.72. The molecule has 0 atom stereocenters. The van der Waals surface area contributed by atoms with Crippen LogP contribution in [0.2, 0.25) is 0 Å². The summed E-state index contributed by atoms with van der Waals surface area (Å²) < 4.78 is 51.4. The van der Waals surface area contributed by atoms with Crippen molar-refractivity contribution in [2.45, 2.75) is 19.8 Å². The van der Waals surface area contributed by atoms with Crippen LogP contribution in [0.15, 0.2) is 61.2 Å². The Balaban J connectivity index is 1.55. The zero-order chi connectivity index (χ0) is 25.9. The second-order valence-electron chi connectivity index (χ2n) is 7.75. The third-order valence-electron chi connectivity index (χ3n) is 5.17. The van der Waals surface area contributed by atoms with Crippen LogP contribution in [0.4, 0.5) is 23.4 Å². The predicted octanol–water partition coefficient (Wildman–Crippen LogP) is 4.18. The number of carbonyl (C=O) groups is 1. The Morgan fingerprint density at radius 3 is 2.50 bits per heavy atom. The lowest BCUT2D eigenvalue weighted by Crippen LogP contribution is -2.23. The fourth-order valence-corrected chi connectivity index (χ4v) is 3.17. The highest BCUT2D eigenvalue weighted by Crippen LogP contribution is 2.26. The summed E-state index contributed by atoms with van der Waals surface area (Å²) in [6.45, 7) is 1.99. The SMILES string of the molecule is Cc1ccc(C(=O)NCc2ccc(F)nc2)cc1C#Cc1cc(-c2cnn(C(F)(F)F)c2)cnc1N. The first-order valence-electron chi connectivity index (χ1n) is 10.5. The fraction of sp³-hybridized carbons (Fsp3) is 0.120. The van der Waals surface area contributed by atoms with Gasteiger partial charge in [-0.25, -0.2) is 9.97 Å². The van der Waals surface area contributed by atoms with Crippen molar-refractivity contribution in [2.75, 3.05) is 5.73 Å². The molecule has 0 aliphatic rings. The molecule has 0 aliphatic carbocycles. The number of hydrogen-bond donors (Lipinski definition) is 2. The Morgan fingerprint density at radius 2 is 1.81 bits per heavy atom. The lowest BCUT2D eigenvalue weighted by Gasteiger charge is -2.07. The first-order chi connectivity index (χ1) is 17.1. The van der Waals surface area contributed by atoms with E-state index in [0.717, 1.165) is 18.0 Å². The molecule has 0 bridgehead atoms. The van der Waals surface area contributed by atoms with Crippen molar-refractivity contribution in [2.24, 2.45) is 0 Å². The summed E-state index contributed by atoms with van der Waals surface area (Å²) >= 11 is 0. The van der Waals surface area contributed by atoms with Gasteiger partial charge >= 0.3 is 6.30 Å². The summed E-state index contributed by atoms with van der Waals surface area (Å²) in [5, 5.41) is 6.06. The molecule has 3 aromatic heterocycles. The number of nitrogens with zero attached hydrogens (tertiary/aromatic N) is 4. The lowest BCUT2D eigenvalue weighted by molar-refractivity contribution is -0.212. The Morgan fingerprint density at radius 1 is 1.03 bits per heavy atom. The third kappa shape index (κ3) is 5.67. The molecule has 7 nitrogen and oxygen atoms in total. The van der Waals surface area contributed by atoms with Crippen LogP contribution in [0.3, 0.4) is 0 Å². The molecule has 36 heavy (non-hydrogen) atoms. The average molecular weight is 494 g/mol. The smallest absolute Gasteiger partial charge is 0.383 e. The molecule has 0 saturated heterocycles. The summed E-state index contributed by atoms with van der Waals surface area (Å²) in [6, 6.07) is 9.25. The van der Waals surface area contributed by atoms with Crippen LogP contribution < -0.4 is 11.1 Å². The number of nitrogens with one attached hydrogen (secondary N) is 1.